The van der Waals surface area contributed by atoms with E-state index >= 15 is 0 Å². The van der Waals surface area contributed by atoms with Crippen LogP contribution in [0.15, 0.2) is 23.3 Å². The standard InChI is InChI=1S/C7H4ClN3O/c8-7-3-6(10-11-9)2-1-5(7)4-12/h1-4H. The third-order valence-corrected chi connectivity index (χ3v) is 1.60. The fourth-order valence-electron chi connectivity index (χ4n) is 0.725. The SMILES string of the molecule is [N-]=[N+]=Nc1ccc(C=O)c(Cl)c1. The molecule has 0 aliphatic carbocycles. The zero-order valence-electron chi connectivity index (χ0n) is 5.94. The minimum absolute atomic E-state index is 0.287. The number of carbonyl (C=O) groups excluding carboxylic acids is 1. The van der Waals surface area contributed by atoms with E-state index in [9.17, 15) is 4.79 Å². The summed E-state index contributed by atoms with van der Waals surface area (Å²) in [5, 5.41) is 3.61. The Bertz CT molecular complexity index is 358. The predicted octanol–water partition coefficient (Wildman–Crippen LogP) is 3.09. The number of rotatable bonds is 2. The lowest BCUT2D eigenvalue weighted by Crippen LogP contribution is -1.79. The molecule has 0 aliphatic heterocycles. The van der Waals surface area contributed by atoms with Crippen LogP contribution in [0.1, 0.15) is 10.4 Å². The molecule has 12 heavy (non-hydrogen) atoms. The van der Waals surface area contributed by atoms with Crippen molar-refractivity contribution in [2.24, 2.45) is 5.11 Å². The van der Waals surface area contributed by atoms with E-state index in [4.69, 9.17) is 17.1 Å². The Morgan fingerprint density at radius 3 is 2.83 bits per heavy atom. The van der Waals surface area contributed by atoms with Crippen LogP contribution >= 0.6 is 11.6 Å². The highest BCUT2D eigenvalue weighted by molar-refractivity contribution is 6.33. The second-order valence-corrected chi connectivity index (χ2v) is 2.42. The molecule has 0 saturated carbocycles. The molecule has 0 unspecified atom stereocenters. The van der Waals surface area contributed by atoms with Crippen LogP contribution in [-0.4, -0.2) is 6.29 Å². The summed E-state index contributed by atoms with van der Waals surface area (Å²) < 4.78 is 0. The van der Waals surface area contributed by atoms with Crippen LogP contribution in [0.25, 0.3) is 10.4 Å². The summed E-state index contributed by atoms with van der Waals surface area (Å²) in [5.41, 5.74) is 8.86. The first-order valence-electron chi connectivity index (χ1n) is 3.08. The van der Waals surface area contributed by atoms with Crippen LogP contribution in [0, 0.1) is 0 Å². The summed E-state index contributed by atoms with van der Waals surface area (Å²) in [7, 11) is 0. The summed E-state index contributed by atoms with van der Waals surface area (Å²) in [6, 6.07) is 4.46. The van der Waals surface area contributed by atoms with Gasteiger partial charge in [-0.05, 0) is 17.7 Å². The minimum atomic E-state index is 0.287. The van der Waals surface area contributed by atoms with Gasteiger partial charge in [0.1, 0.15) is 0 Å². The Morgan fingerprint density at radius 1 is 1.58 bits per heavy atom. The maximum absolute atomic E-state index is 10.3. The number of halogens is 1. The largest absolute Gasteiger partial charge is 0.298 e. The van der Waals surface area contributed by atoms with Gasteiger partial charge >= 0.3 is 0 Å². The van der Waals surface area contributed by atoms with Crippen molar-refractivity contribution >= 4 is 23.6 Å². The third-order valence-electron chi connectivity index (χ3n) is 1.27. The van der Waals surface area contributed by atoms with E-state index in [0.29, 0.717) is 17.5 Å². The molecular formula is C7H4ClN3O. The zero-order valence-corrected chi connectivity index (χ0v) is 6.69. The Balaban J connectivity index is 3.17. The van der Waals surface area contributed by atoms with E-state index in [-0.39, 0.29) is 5.02 Å². The van der Waals surface area contributed by atoms with Crippen LogP contribution in [0.3, 0.4) is 0 Å². The molecule has 0 radical (unpaired) electrons. The Hall–Kier alpha value is -1.51. The maximum atomic E-state index is 10.3. The molecule has 0 bridgehead atoms. The van der Waals surface area contributed by atoms with Crippen molar-refractivity contribution in [3.63, 3.8) is 0 Å². The number of benzene rings is 1. The highest BCUT2D eigenvalue weighted by atomic mass is 35.5. The minimum Gasteiger partial charge on any atom is -0.298 e. The van der Waals surface area contributed by atoms with Gasteiger partial charge in [0.05, 0.1) is 5.02 Å². The molecule has 0 saturated heterocycles. The third kappa shape index (κ3) is 1.75. The molecule has 0 fully saturated rings. The molecule has 4 nitrogen and oxygen atoms in total. The lowest BCUT2D eigenvalue weighted by molar-refractivity contribution is 0.112. The van der Waals surface area contributed by atoms with Gasteiger partial charge in [0.15, 0.2) is 6.29 Å². The molecule has 0 aliphatic rings. The van der Waals surface area contributed by atoms with E-state index in [0.717, 1.165) is 0 Å². The predicted molar refractivity (Wildman–Crippen MR) is 45.6 cm³/mol. The lowest BCUT2D eigenvalue weighted by Gasteiger charge is -1.95. The molecule has 0 spiro atoms. The highest BCUT2D eigenvalue weighted by Crippen LogP contribution is 2.21. The van der Waals surface area contributed by atoms with Crippen molar-refractivity contribution in [3.05, 3.63) is 39.2 Å². The van der Waals surface area contributed by atoms with Crippen LogP contribution in [-0.2, 0) is 0 Å². The first-order chi connectivity index (χ1) is 5.77. The first kappa shape index (κ1) is 8.59. The van der Waals surface area contributed by atoms with E-state index in [1.165, 1.54) is 18.2 Å². The second-order valence-electron chi connectivity index (χ2n) is 2.01. The fourth-order valence-corrected chi connectivity index (χ4v) is 0.945. The number of hydrogen-bond donors (Lipinski definition) is 0. The van der Waals surface area contributed by atoms with Gasteiger partial charge in [-0.25, -0.2) is 0 Å². The van der Waals surface area contributed by atoms with Crippen LogP contribution in [0.4, 0.5) is 5.69 Å². The summed E-state index contributed by atoms with van der Waals surface area (Å²) in [6.07, 6.45) is 0.641. The van der Waals surface area contributed by atoms with Crippen molar-refractivity contribution in [2.75, 3.05) is 0 Å². The van der Waals surface area contributed by atoms with E-state index in [1.54, 1.807) is 0 Å². The van der Waals surface area contributed by atoms with Gasteiger partial charge in [0, 0.05) is 16.2 Å². The summed E-state index contributed by atoms with van der Waals surface area (Å²) >= 11 is 5.65. The van der Waals surface area contributed by atoms with Crippen molar-refractivity contribution in [1.29, 1.82) is 0 Å². The summed E-state index contributed by atoms with van der Waals surface area (Å²) in [6.45, 7) is 0. The molecule has 60 valence electrons. The van der Waals surface area contributed by atoms with Crippen LogP contribution in [0.2, 0.25) is 5.02 Å². The maximum Gasteiger partial charge on any atom is 0.151 e. The van der Waals surface area contributed by atoms with Gasteiger partial charge in [0.25, 0.3) is 0 Å². The van der Waals surface area contributed by atoms with Gasteiger partial charge in [-0.15, -0.1) is 0 Å². The molecule has 0 N–H and O–H groups in total. The Morgan fingerprint density at radius 2 is 2.33 bits per heavy atom. The molecular weight excluding hydrogens is 178 g/mol. The normalized spacial score (nSPS) is 8.75. The fraction of sp³-hybridized carbons (Fsp3) is 0. The number of carbonyl (C=O) groups is 1. The van der Waals surface area contributed by atoms with Crippen LogP contribution in [0.5, 0.6) is 0 Å². The van der Waals surface area contributed by atoms with Crippen molar-refractivity contribution in [3.8, 4) is 0 Å². The number of hydrogen-bond acceptors (Lipinski definition) is 2. The molecule has 0 aromatic heterocycles. The smallest absolute Gasteiger partial charge is 0.151 e. The lowest BCUT2D eigenvalue weighted by atomic mass is 10.2. The number of nitrogens with zero attached hydrogens (tertiary/aromatic N) is 3. The summed E-state index contributed by atoms with van der Waals surface area (Å²) in [5.74, 6) is 0. The van der Waals surface area contributed by atoms with Crippen molar-refractivity contribution < 1.29 is 4.79 Å². The van der Waals surface area contributed by atoms with E-state index in [1.807, 2.05) is 0 Å². The second kappa shape index (κ2) is 3.76. The molecule has 0 amide bonds. The van der Waals surface area contributed by atoms with Gasteiger partial charge in [0.2, 0.25) is 0 Å². The first-order valence-corrected chi connectivity index (χ1v) is 3.45. The number of aldehydes is 1. The van der Waals surface area contributed by atoms with Crippen LogP contribution < -0.4 is 0 Å². The molecule has 0 atom stereocenters. The topological polar surface area (TPSA) is 65.8 Å². The molecule has 1 aromatic carbocycles. The van der Waals surface area contributed by atoms with E-state index < -0.39 is 0 Å². The average Bonchev–Trinajstić information content (AvgIpc) is 2.05. The molecule has 1 rings (SSSR count). The summed E-state index contributed by atoms with van der Waals surface area (Å²) in [4.78, 5) is 12.9. The Kier molecular flexibility index (Phi) is 2.69. The Labute approximate surface area is 73.4 Å². The zero-order chi connectivity index (χ0) is 8.97. The van der Waals surface area contributed by atoms with E-state index in [2.05, 4.69) is 10.0 Å². The van der Waals surface area contributed by atoms with Gasteiger partial charge < -0.3 is 0 Å². The molecule has 0 heterocycles. The average molecular weight is 182 g/mol. The molecule has 1 aromatic rings. The highest BCUT2D eigenvalue weighted by Gasteiger charge is 1.98. The monoisotopic (exact) mass is 181 g/mol. The van der Waals surface area contributed by atoms with Gasteiger partial charge in [-0.3, -0.25) is 4.79 Å². The quantitative estimate of drug-likeness (QED) is 0.299. The van der Waals surface area contributed by atoms with Crippen molar-refractivity contribution in [2.45, 2.75) is 0 Å². The van der Waals surface area contributed by atoms with Gasteiger partial charge in [-0.1, -0.05) is 22.8 Å². The van der Waals surface area contributed by atoms with Crippen molar-refractivity contribution in [1.82, 2.24) is 0 Å². The number of azide groups is 1. The van der Waals surface area contributed by atoms with Gasteiger partial charge in [-0.2, -0.15) is 0 Å². The molecule has 5 heteroatoms.